The highest BCUT2D eigenvalue weighted by Crippen LogP contribution is 2.31. The van der Waals surface area contributed by atoms with Gasteiger partial charge in [-0.05, 0) is 0 Å². The van der Waals surface area contributed by atoms with Gasteiger partial charge in [0.2, 0.25) is 0 Å². The quantitative estimate of drug-likeness (QED) is 0.677. The largest absolute Gasteiger partial charge is 0.366 e. The van der Waals surface area contributed by atoms with Gasteiger partial charge in [0.05, 0.1) is 6.61 Å². The SMILES string of the molecule is c1ccc(-c2cc(C3CO3)no2)cc1. The molecule has 1 aromatic carbocycles. The number of ether oxygens (including phenoxy) is 1. The fraction of sp³-hybridized carbons (Fsp3) is 0.182. The van der Waals surface area contributed by atoms with Crippen molar-refractivity contribution in [2.75, 3.05) is 6.61 Å². The smallest absolute Gasteiger partial charge is 0.167 e. The zero-order chi connectivity index (χ0) is 9.38. The Morgan fingerprint density at radius 2 is 2.00 bits per heavy atom. The van der Waals surface area contributed by atoms with Gasteiger partial charge in [-0.2, -0.15) is 0 Å². The Morgan fingerprint density at radius 3 is 2.71 bits per heavy atom. The van der Waals surface area contributed by atoms with E-state index in [1.165, 1.54) is 0 Å². The highest BCUT2D eigenvalue weighted by atomic mass is 16.6. The Morgan fingerprint density at radius 1 is 1.21 bits per heavy atom. The predicted octanol–water partition coefficient (Wildman–Crippen LogP) is 2.41. The molecule has 0 radical (unpaired) electrons. The number of aromatic nitrogens is 1. The highest BCUT2D eigenvalue weighted by molar-refractivity contribution is 5.57. The predicted molar refractivity (Wildman–Crippen MR) is 50.6 cm³/mol. The maximum Gasteiger partial charge on any atom is 0.167 e. The molecule has 0 N–H and O–H groups in total. The maximum atomic E-state index is 5.22. The first-order valence-corrected chi connectivity index (χ1v) is 4.57. The van der Waals surface area contributed by atoms with E-state index < -0.39 is 0 Å². The van der Waals surface area contributed by atoms with E-state index >= 15 is 0 Å². The van der Waals surface area contributed by atoms with Crippen molar-refractivity contribution in [2.24, 2.45) is 0 Å². The molecule has 3 nitrogen and oxygen atoms in total. The van der Waals surface area contributed by atoms with Crippen LogP contribution in [0.1, 0.15) is 11.8 Å². The second-order valence-electron chi connectivity index (χ2n) is 3.30. The van der Waals surface area contributed by atoms with E-state index in [0.29, 0.717) is 0 Å². The van der Waals surface area contributed by atoms with Crippen LogP contribution in [0.25, 0.3) is 11.3 Å². The van der Waals surface area contributed by atoms with Gasteiger partial charge in [0.1, 0.15) is 11.8 Å². The average molecular weight is 187 g/mol. The molecule has 1 fully saturated rings. The Labute approximate surface area is 81.3 Å². The lowest BCUT2D eigenvalue weighted by molar-refractivity contribution is 0.381. The molecular weight excluding hydrogens is 178 g/mol. The van der Waals surface area contributed by atoms with Crippen molar-refractivity contribution in [1.82, 2.24) is 5.16 Å². The van der Waals surface area contributed by atoms with E-state index in [1.807, 2.05) is 36.4 Å². The average Bonchev–Trinajstić information content (AvgIpc) is 2.98. The van der Waals surface area contributed by atoms with Crippen LogP contribution in [0, 0.1) is 0 Å². The Hall–Kier alpha value is -1.61. The first-order chi connectivity index (χ1) is 6.93. The van der Waals surface area contributed by atoms with Crippen LogP contribution >= 0.6 is 0 Å². The van der Waals surface area contributed by atoms with Crippen molar-refractivity contribution in [1.29, 1.82) is 0 Å². The Kier molecular flexibility index (Phi) is 1.64. The summed E-state index contributed by atoms with van der Waals surface area (Å²) in [6, 6.07) is 11.9. The number of hydrogen-bond donors (Lipinski definition) is 0. The van der Waals surface area contributed by atoms with Crippen LogP contribution in [0.2, 0.25) is 0 Å². The standard InChI is InChI=1S/C11H9NO2/c1-2-4-8(5-3-1)10-6-9(12-14-10)11-7-13-11/h1-6,11H,7H2. The molecule has 2 heterocycles. The Balaban J connectivity index is 1.96. The van der Waals surface area contributed by atoms with Crippen molar-refractivity contribution >= 4 is 0 Å². The van der Waals surface area contributed by atoms with Crippen molar-refractivity contribution in [3.8, 4) is 11.3 Å². The van der Waals surface area contributed by atoms with Crippen molar-refractivity contribution in [3.63, 3.8) is 0 Å². The molecule has 3 rings (SSSR count). The summed E-state index contributed by atoms with van der Waals surface area (Å²) in [4.78, 5) is 0. The number of rotatable bonds is 2. The fourth-order valence-electron chi connectivity index (χ4n) is 1.40. The molecule has 0 saturated carbocycles. The van der Waals surface area contributed by atoms with E-state index in [-0.39, 0.29) is 6.10 Å². The van der Waals surface area contributed by atoms with Gasteiger partial charge in [-0.3, -0.25) is 0 Å². The monoisotopic (exact) mass is 187 g/mol. The molecule has 0 aliphatic carbocycles. The molecule has 3 heteroatoms. The lowest BCUT2D eigenvalue weighted by Gasteiger charge is -1.91. The molecule has 0 bridgehead atoms. The van der Waals surface area contributed by atoms with Gasteiger partial charge in [-0.1, -0.05) is 35.5 Å². The molecule has 14 heavy (non-hydrogen) atoms. The maximum absolute atomic E-state index is 5.22. The first kappa shape index (κ1) is 7.76. The summed E-state index contributed by atoms with van der Waals surface area (Å²) in [6.07, 6.45) is 0.163. The van der Waals surface area contributed by atoms with Crippen LogP contribution in [0.5, 0.6) is 0 Å². The molecule has 1 saturated heterocycles. The first-order valence-electron chi connectivity index (χ1n) is 4.57. The van der Waals surface area contributed by atoms with Crippen molar-refractivity contribution in [3.05, 3.63) is 42.1 Å². The van der Waals surface area contributed by atoms with Crippen LogP contribution in [-0.2, 0) is 4.74 Å². The third-order valence-electron chi connectivity index (χ3n) is 2.25. The molecule has 1 aliphatic heterocycles. The van der Waals surface area contributed by atoms with Crippen molar-refractivity contribution in [2.45, 2.75) is 6.10 Å². The topological polar surface area (TPSA) is 38.6 Å². The summed E-state index contributed by atoms with van der Waals surface area (Å²) in [5.41, 5.74) is 1.94. The molecule has 1 atom stereocenters. The molecule has 0 amide bonds. The summed E-state index contributed by atoms with van der Waals surface area (Å²) >= 11 is 0. The lowest BCUT2D eigenvalue weighted by Crippen LogP contribution is -1.76. The van der Waals surface area contributed by atoms with Gasteiger partial charge < -0.3 is 9.26 Å². The minimum atomic E-state index is 0.163. The van der Waals surface area contributed by atoms with Gasteiger partial charge in [0.15, 0.2) is 5.76 Å². The molecule has 0 spiro atoms. The van der Waals surface area contributed by atoms with E-state index in [2.05, 4.69) is 5.16 Å². The van der Waals surface area contributed by atoms with Crippen LogP contribution in [0.15, 0.2) is 40.9 Å². The van der Waals surface area contributed by atoms with E-state index in [0.717, 1.165) is 23.6 Å². The lowest BCUT2D eigenvalue weighted by atomic mass is 10.1. The molecule has 1 unspecified atom stereocenters. The van der Waals surface area contributed by atoms with E-state index in [1.54, 1.807) is 0 Å². The van der Waals surface area contributed by atoms with Gasteiger partial charge in [-0.15, -0.1) is 0 Å². The van der Waals surface area contributed by atoms with E-state index in [4.69, 9.17) is 9.26 Å². The number of benzene rings is 1. The zero-order valence-corrected chi connectivity index (χ0v) is 7.51. The van der Waals surface area contributed by atoms with Gasteiger partial charge in [-0.25, -0.2) is 0 Å². The van der Waals surface area contributed by atoms with Crippen LogP contribution in [0.4, 0.5) is 0 Å². The second kappa shape index (κ2) is 2.96. The molecule has 70 valence electrons. The van der Waals surface area contributed by atoms with Gasteiger partial charge >= 0.3 is 0 Å². The highest BCUT2D eigenvalue weighted by Gasteiger charge is 2.28. The summed E-state index contributed by atoms with van der Waals surface area (Å²) in [5.74, 6) is 0.802. The van der Waals surface area contributed by atoms with Gasteiger partial charge in [0, 0.05) is 11.6 Å². The minimum absolute atomic E-state index is 0.163. The van der Waals surface area contributed by atoms with Crippen LogP contribution in [-0.4, -0.2) is 11.8 Å². The fourth-order valence-corrected chi connectivity index (χ4v) is 1.40. The zero-order valence-electron chi connectivity index (χ0n) is 7.51. The second-order valence-corrected chi connectivity index (χ2v) is 3.30. The third kappa shape index (κ3) is 1.32. The molecular formula is C11H9NO2. The minimum Gasteiger partial charge on any atom is -0.366 e. The Bertz CT molecular complexity index is 432. The van der Waals surface area contributed by atoms with Crippen molar-refractivity contribution < 1.29 is 9.26 Å². The summed E-state index contributed by atoms with van der Waals surface area (Å²) < 4.78 is 10.3. The molecule has 1 aromatic heterocycles. The molecule has 2 aromatic rings. The normalized spacial score (nSPS) is 19.6. The summed E-state index contributed by atoms with van der Waals surface area (Å²) in [6.45, 7) is 0.765. The summed E-state index contributed by atoms with van der Waals surface area (Å²) in [7, 11) is 0. The number of epoxide rings is 1. The molecule has 1 aliphatic rings. The number of nitrogens with zero attached hydrogens (tertiary/aromatic N) is 1. The summed E-state index contributed by atoms with van der Waals surface area (Å²) in [5, 5.41) is 3.95. The third-order valence-corrected chi connectivity index (χ3v) is 2.25. The number of hydrogen-bond acceptors (Lipinski definition) is 3. The van der Waals surface area contributed by atoms with Gasteiger partial charge in [0.25, 0.3) is 0 Å². The van der Waals surface area contributed by atoms with Crippen LogP contribution < -0.4 is 0 Å². The van der Waals surface area contributed by atoms with E-state index in [9.17, 15) is 0 Å². The van der Waals surface area contributed by atoms with Crippen LogP contribution in [0.3, 0.4) is 0 Å².